The first kappa shape index (κ1) is 62.1. The molecule has 0 fully saturated rings. The number of anilines is 2. The van der Waals surface area contributed by atoms with Gasteiger partial charge in [-0.1, -0.05) is 277 Å². The molecular weight excluding hydrogens is 960 g/mol. The highest BCUT2D eigenvalue weighted by Crippen LogP contribution is 2.40. The first-order valence-electron chi connectivity index (χ1n) is 27.1. The van der Waals surface area contributed by atoms with E-state index in [0.29, 0.717) is 8.58 Å². The van der Waals surface area contributed by atoms with E-state index >= 15 is 0 Å². The molecule has 1 unspecified atom stereocenters. The minimum Gasteiger partial charge on any atom is -0.399 e. The van der Waals surface area contributed by atoms with E-state index in [-0.39, 0.29) is 5.41 Å². The number of terminal acetylenes is 1. The van der Waals surface area contributed by atoms with Crippen molar-refractivity contribution in [3.05, 3.63) is 288 Å². The molecule has 0 saturated heterocycles. The van der Waals surface area contributed by atoms with Crippen molar-refractivity contribution in [2.75, 3.05) is 11.5 Å². The van der Waals surface area contributed by atoms with Gasteiger partial charge in [-0.25, -0.2) is 0 Å². The van der Waals surface area contributed by atoms with Crippen LogP contribution in [0.1, 0.15) is 96.0 Å². The summed E-state index contributed by atoms with van der Waals surface area (Å²) in [5, 5.41) is 1.22. The van der Waals surface area contributed by atoms with E-state index in [1.165, 1.54) is 49.8 Å². The van der Waals surface area contributed by atoms with Crippen LogP contribution in [0.15, 0.2) is 260 Å². The standard InChI is InChI=1S/C57H56NP.C12H11N.2C2H6.C2H2/c1-7-10-12-14-22-43-38-48(44-23-15-13-16-24-44)41-49(39-43)45-31-29-42(30-32-45)40-53(57(4,5)6)50(21-9-3)46-25-20-26-47-34-36-54(58)56(51(47)35-33-46)52-27-17-18-28-55(52)59-37-19-11-8-2;13-12-8-6-11(7-9-12)10-4-2-1-3-5-10;3*1-2/h7-12,14-15,17-18,20-21,23-41,59H,2-3,13,16,22,58H2,1,4-6H3;1-9H,13H2;2*1-2H3;1-2H/b10-7-,14-12-,25-20?,26-20+,35-33-,46-25+,46-33?,47-26?,50-21-,51-35?,53-40+;;;;. The highest BCUT2D eigenvalue weighted by molar-refractivity contribution is 7.50. The molecule has 3 heteroatoms. The van der Waals surface area contributed by atoms with Crippen LogP contribution >= 0.6 is 8.58 Å². The summed E-state index contributed by atoms with van der Waals surface area (Å²) in [5.74, 6) is 2.06. The van der Waals surface area contributed by atoms with E-state index in [2.05, 4.69) is 228 Å². The van der Waals surface area contributed by atoms with Gasteiger partial charge in [0.25, 0.3) is 0 Å². The van der Waals surface area contributed by atoms with Gasteiger partial charge >= 0.3 is 0 Å². The molecule has 0 bridgehead atoms. The maximum absolute atomic E-state index is 6.81. The van der Waals surface area contributed by atoms with E-state index in [1.807, 2.05) is 95.3 Å². The van der Waals surface area contributed by atoms with E-state index in [0.717, 1.165) is 69.6 Å². The molecule has 6 aromatic carbocycles. The van der Waals surface area contributed by atoms with Gasteiger partial charge in [0.05, 0.1) is 0 Å². The summed E-state index contributed by atoms with van der Waals surface area (Å²) in [6.07, 6.45) is 47.5. The van der Waals surface area contributed by atoms with Gasteiger partial charge in [-0.15, -0.1) is 18.6 Å². The molecule has 2 nitrogen and oxygen atoms in total. The average Bonchev–Trinajstić information content (AvgIpc) is 3.51. The highest BCUT2D eigenvalue weighted by Gasteiger charge is 2.23. The fourth-order valence-electron chi connectivity index (χ4n) is 8.77. The molecule has 0 amide bonds. The number of hydrogen-bond acceptors (Lipinski definition) is 2. The number of fused-ring (bicyclic) bond motifs is 1. The van der Waals surface area contributed by atoms with E-state index in [9.17, 15) is 0 Å². The molecule has 0 spiro atoms. The van der Waals surface area contributed by atoms with Crippen molar-refractivity contribution < 1.29 is 0 Å². The summed E-state index contributed by atoms with van der Waals surface area (Å²) in [7, 11) is 0.441. The molecule has 0 aliphatic heterocycles. The van der Waals surface area contributed by atoms with E-state index in [4.69, 9.17) is 11.5 Å². The molecule has 0 heterocycles. The summed E-state index contributed by atoms with van der Waals surface area (Å²) < 4.78 is 0. The van der Waals surface area contributed by atoms with E-state index < -0.39 is 0 Å². The molecule has 8 rings (SSSR count). The molecule has 0 saturated carbocycles. The molecule has 0 radical (unpaired) electrons. The van der Waals surface area contributed by atoms with Gasteiger partial charge < -0.3 is 11.5 Å². The van der Waals surface area contributed by atoms with Crippen LogP contribution in [0, 0.1) is 18.3 Å². The van der Waals surface area contributed by atoms with Crippen molar-refractivity contribution in [3.63, 3.8) is 0 Å². The van der Waals surface area contributed by atoms with Crippen LogP contribution in [0.3, 0.4) is 0 Å². The van der Waals surface area contributed by atoms with Crippen molar-refractivity contribution in [3.8, 4) is 46.2 Å². The molecule has 396 valence electrons. The van der Waals surface area contributed by atoms with Gasteiger partial charge in [-0.05, 0) is 151 Å². The predicted molar refractivity (Wildman–Crippen MR) is 354 cm³/mol. The first-order valence-corrected chi connectivity index (χ1v) is 28.2. The van der Waals surface area contributed by atoms with Gasteiger partial charge in [-0.3, -0.25) is 0 Å². The Morgan fingerprint density at radius 3 is 2.03 bits per heavy atom. The summed E-state index contributed by atoms with van der Waals surface area (Å²) >= 11 is 0. The van der Waals surface area contributed by atoms with Crippen molar-refractivity contribution in [1.29, 1.82) is 0 Å². The second kappa shape index (κ2) is 33.6. The Kier molecular flexibility index (Phi) is 26.7. The van der Waals surface area contributed by atoms with Gasteiger partial charge in [0, 0.05) is 16.9 Å². The lowest BCUT2D eigenvalue weighted by atomic mass is 9.77. The van der Waals surface area contributed by atoms with Crippen LogP contribution in [0.2, 0.25) is 0 Å². The fraction of sp³-hybridized carbons (Fsp3) is 0.160. The highest BCUT2D eigenvalue weighted by atomic mass is 31.1. The molecule has 1 atom stereocenters. The minimum absolute atomic E-state index is 0.167. The molecule has 0 aromatic heterocycles. The zero-order valence-corrected chi connectivity index (χ0v) is 48.4. The van der Waals surface area contributed by atoms with Crippen LogP contribution < -0.4 is 16.8 Å². The lowest BCUT2D eigenvalue weighted by Gasteiger charge is -2.27. The minimum atomic E-state index is -0.167. The van der Waals surface area contributed by atoms with Gasteiger partial charge in [0.2, 0.25) is 0 Å². The van der Waals surface area contributed by atoms with Crippen molar-refractivity contribution in [2.24, 2.45) is 5.41 Å². The van der Waals surface area contributed by atoms with Crippen molar-refractivity contribution in [1.82, 2.24) is 0 Å². The SMILES string of the molecule is C#C.C=CC=C=CPc1ccccc1-c1c(N)ccc2c1\C=C/C(C(=C/C=C)/C(=C\c1ccc(-c3cc(C/C=C\C=C/C)cc(C4=CCCC=C4)c3)cc1)C(C)(C)C)=C\C=C\2.CC.CC.Nc1ccc(-c2ccccc2)cc1. The predicted octanol–water partition coefficient (Wildman–Crippen LogP) is 20.6. The summed E-state index contributed by atoms with van der Waals surface area (Å²) in [6.45, 7) is 24.8. The smallest absolute Gasteiger partial charge is 0.0400 e. The monoisotopic (exact) mass is 1040 g/mol. The summed E-state index contributed by atoms with van der Waals surface area (Å²) in [6, 6.07) is 46.9. The number of rotatable bonds is 14. The zero-order valence-electron chi connectivity index (χ0n) is 47.4. The third kappa shape index (κ3) is 18.4. The molecule has 78 heavy (non-hydrogen) atoms. The Bertz CT molecular complexity index is 3270. The Morgan fingerprint density at radius 1 is 0.692 bits per heavy atom. The van der Waals surface area contributed by atoms with Crippen LogP contribution in [0.4, 0.5) is 11.4 Å². The number of nitrogens with two attached hydrogens (primary N) is 2. The van der Waals surface area contributed by atoms with Gasteiger partial charge in [0.1, 0.15) is 0 Å². The average molecular weight is 1040 g/mol. The van der Waals surface area contributed by atoms with Gasteiger partial charge in [0.15, 0.2) is 0 Å². The molecule has 4 N–H and O–H groups in total. The Balaban J connectivity index is 0.000000587. The third-order valence-electron chi connectivity index (χ3n) is 12.4. The fourth-order valence-corrected chi connectivity index (χ4v) is 9.66. The topological polar surface area (TPSA) is 52.0 Å². The molecular formula is C75H81N2P. The van der Waals surface area contributed by atoms with Crippen LogP contribution in [0.25, 0.3) is 57.2 Å². The van der Waals surface area contributed by atoms with Crippen molar-refractivity contribution >= 4 is 49.1 Å². The van der Waals surface area contributed by atoms with E-state index in [1.54, 1.807) is 6.08 Å². The lowest BCUT2D eigenvalue weighted by molar-refractivity contribution is 0.515. The molecule has 2 aliphatic carbocycles. The second-order valence-corrected chi connectivity index (χ2v) is 19.8. The number of hydrogen-bond donors (Lipinski definition) is 2. The maximum Gasteiger partial charge on any atom is 0.0400 e. The van der Waals surface area contributed by atoms with Crippen molar-refractivity contribution in [2.45, 2.75) is 74.7 Å². The molecule has 6 aromatic rings. The second-order valence-electron chi connectivity index (χ2n) is 18.7. The Hall–Kier alpha value is -8.43. The first-order chi connectivity index (χ1) is 38.1. The maximum atomic E-state index is 6.81. The van der Waals surface area contributed by atoms with Crippen LogP contribution in [-0.4, -0.2) is 0 Å². The third-order valence-corrected chi connectivity index (χ3v) is 13.5. The van der Waals surface area contributed by atoms with Crippen LogP contribution in [-0.2, 0) is 6.42 Å². The summed E-state index contributed by atoms with van der Waals surface area (Å²) in [5.41, 5.74) is 34.8. The van der Waals surface area contributed by atoms with Gasteiger partial charge in [-0.2, -0.15) is 0 Å². The largest absolute Gasteiger partial charge is 0.399 e. The summed E-state index contributed by atoms with van der Waals surface area (Å²) in [4.78, 5) is 0. The normalized spacial score (nSPS) is 14.3. The quantitative estimate of drug-likeness (QED) is 0.0376. The molecule has 2 aliphatic rings. The number of allylic oxidation sites excluding steroid dienone is 18. The van der Waals surface area contributed by atoms with Crippen LogP contribution in [0.5, 0.6) is 0 Å². The Morgan fingerprint density at radius 2 is 1.36 bits per heavy atom. The Labute approximate surface area is 472 Å². The number of benzene rings is 6. The number of nitrogen functional groups attached to an aromatic ring is 2. The zero-order chi connectivity index (χ0) is 56.7. The lowest BCUT2D eigenvalue weighted by Crippen LogP contribution is -2.13.